The van der Waals surface area contributed by atoms with Gasteiger partial charge in [-0.3, -0.25) is 4.79 Å². The van der Waals surface area contributed by atoms with Crippen molar-refractivity contribution in [2.45, 2.75) is 51.5 Å². The molecule has 1 aliphatic heterocycles. The van der Waals surface area contributed by atoms with Crippen LogP contribution in [0.25, 0.3) is 21.8 Å². The molecule has 1 aliphatic rings. The summed E-state index contributed by atoms with van der Waals surface area (Å²) >= 11 is 7.03. The Morgan fingerprint density at radius 2 is 1.33 bits per heavy atom. The van der Waals surface area contributed by atoms with Gasteiger partial charge in [-0.1, -0.05) is 57.5 Å². The van der Waals surface area contributed by atoms with Gasteiger partial charge in [-0.2, -0.15) is 0 Å². The number of carboxylic acids is 1. The molecular formula is C28H39Br2N3O3. The van der Waals surface area contributed by atoms with Gasteiger partial charge in [0.1, 0.15) is 0 Å². The molecule has 3 aromatic rings. The van der Waals surface area contributed by atoms with Crippen LogP contribution in [0.3, 0.4) is 0 Å². The standard InChI is InChI=1S/C14H11Br2NO.C14H28N2O2/c15-9-1-3-13-11(7-9)12-8-10(16)2-4-14(12)17(13)5-6-18;1-15-10-12-16(13-11-15)9-7-5-3-2-4-6-8-14(17)18/h1-4,7-8,18H,5-6H2;2-13H2,1H3,(H,17,18). The highest BCUT2D eigenvalue weighted by Crippen LogP contribution is 2.32. The summed E-state index contributed by atoms with van der Waals surface area (Å²) in [4.78, 5) is 15.3. The molecule has 36 heavy (non-hydrogen) atoms. The Morgan fingerprint density at radius 3 is 1.86 bits per heavy atom. The summed E-state index contributed by atoms with van der Waals surface area (Å²) in [7, 11) is 2.19. The number of rotatable bonds is 11. The fraction of sp³-hybridized carbons (Fsp3) is 0.536. The monoisotopic (exact) mass is 623 g/mol. The highest BCUT2D eigenvalue weighted by molar-refractivity contribution is 9.10. The lowest BCUT2D eigenvalue weighted by atomic mass is 10.1. The Labute approximate surface area is 231 Å². The van der Waals surface area contributed by atoms with Crippen molar-refractivity contribution in [3.05, 3.63) is 45.3 Å². The molecule has 0 saturated carbocycles. The third-order valence-electron chi connectivity index (χ3n) is 6.82. The third kappa shape index (κ3) is 8.84. The van der Waals surface area contributed by atoms with Crippen LogP contribution in [0.1, 0.15) is 44.9 Å². The first-order valence-electron chi connectivity index (χ1n) is 13.0. The van der Waals surface area contributed by atoms with Gasteiger partial charge < -0.3 is 24.6 Å². The largest absolute Gasteiger partial charge is 0.481 e. The highest BCUT2D eigenvalue weighted by atomic mass is 79.9. The van der Waals surface area contributed by atoms with Crippen LogP contribution in [0.15, 0.2) is 45.3 Å². The van der Waals surface area contributed by atoms with Gasteiger partial charge >= 0.3 is 5.97 Å². The molecule has 198 valence electrons. The summed E-state index contributed by atoms with van der Waals surface area (Å²) in [6.45, 7) is 6.84. The Morgan fingerprint density at radius 1 is 0.806 bits per heavy atom. The molecule has 0 atom stereocenters. The van der Waals surface area contributed by atoms with Crippen LogP contribution in [0.4, 0.5) is 0 Å². The Bertz CT molecular complexity index is 1050. The maximum Gasteiger partial charge on any atom is 0.303 e. The van der Waals surface area contributed by atoms with Crippen LogP contribution < -0.4 is 0 Å². The molecule has 0 unspecified atom stereocenters. The molecule has 2 heterocycles. The number of halogens is 2. The van der Waals surface area contributed by atoms with E-state index in [1.807, 2.05) is 12.1 Å². The minimum Gasteiger partial charge on any atom is -0.481 e. The summed E-state index contributed by atoms with van der Waals surface area (Å²) in [6.07, 6.45) is 7.28. The fourth-order valence-electron chi connectivity index (χ4n) is 4.78. The van der Waals surface area contributed by atoms with Crippen LogP contribution in [0, 0.1) is 0 Å². The molecule has 6 nitrogen and oxygen atoms in total. The quantitative estimate of drug-likeness (QED) is 0.243. The number of nitrogens with zero attached hydrogens (tertiary/aromatic N) is 3. The normalized spacial score (nSPS) is 14.8. The van der Waals surface area contributed by atoms with Crippen molar-refractivity contribution >= 4 is 59.6 Å². The number of likely N-dealkylation sites (N-methyl/N-ethyl adjacent to an activating group) is 1. The smallest absolute Gasteiger partial charge is 0.303 e. The second-order valence-electron chi connectivity index (χ2n) is 9.61. The number of aliphatic hydroxyl groups excluding tert-OH is 1. The number of benzene rings is 2. The molecule has 1 saturated heterocycles. The van der Waals surface area contributed by atoms with Crippen LogP contribution in [-0.2, 0) is 11.3 Å². The lowest BCUT2D eigenvalue weighted by Crippen LogP contribution is -2.44. The molecule has 2 N–H and O–H groups in total. The van der Waals surface area contributed by atoms with Crippen molar-refractivity contribution in [3.63, 3.8) is 0 Å². The summed E-state index contributed by atoms with van der Waals surface area (Å²) in [6, 6.07) is 12.5. The number of aliphatic hydroxyl groups is 1. The Balaban J connectivity index is 0.000000201. The summed E-state index contributed by atoms with van der Waals surface area (Å²) in [5, 5.41) is 20.1. The number of aromatic nitrogens is 1. The third-order valence-corrected chi connectivity index (χ3v) is 7.81. The van der Waals surface area contributed by atoms with Crippen molar-refractivity contribution in [2.24, 2.45) is 0 Å². The van der Waals surface area contributed by atoms with Crippen LogP contribution in [0.2, 0.25) is 0 Å². The average molecular weight is 625 g/mol. The zero-order chi connectivity index (χ0) is 25.9. The van der Waals surface area contributed by atoms with Gasteiger partial charge in [0.25, 0.3) is 0 Å². The van der Waals surface area contributed by atoms with Gasteiger partial charge in [0.2, 0.25) is 0 Å². The number of hydrogen-bond acceptors (Lipinski definition) is 4. The van der Waals surface area contributed by atoms with Gasteiger partial charge in [-0.05, 0) is 62.8 Å². The number of piperazine rings is 1. The molecule has 0 radical (unpaired) electrons. The van der Waals surface area contributed by atoms with Crippen molar-refractivity contribution in [2.75, 3.05) is 46.4 Å². The van der Waals surface area contributed by atoms with E-state index in [1.165, 1.54) is 69.2 Å². The lowest BCUT2D eigenvalue weighted by Gasteiger charge is -2.32. The van der Waals surface area contributed by atoms with E-state index in [4.69, 9.17) is 5.11 Å². The Kier molecular flexibility index (Phi) is 12.2. The lowest BCUT2D eigenvalue weighted by molar-refractivity contribution is -0.137. The molecule has 1 aromatic heterocycles. The molecule has 8 heteroatoms. The minimum atomic E-state index is -0.662. The summed E-state index contributed by atoms with van der Waals surface area (Å²) in [5.74, 6) is -0.662. The summed E-state index contributed by atoms with van der Waals surface area (Å²) < 4.78 is 4.29. The maximum absolute atomic E-state index is 10.3. The zero-order valence-corrected chi connectivity index (χ0v) is 24.4. The van der Waals surface area contributed by atoms with Gasteiger partial charge in [-0.25, -0.2) is 0 Å². The van der Waals surface area contributed by atoms with E-state index in [9.17, 15) is 9.90 Å². The van der Waals surface area contributed by atoms with Crippen molar-refractivity contribution in [1.82, 2.24) is 14.4 Å². The predicted molar refractivity (Wildman–Crippen MR) is 156 cm³/mol. The molecule has 1 fully saturated rings. The van der Waals surface area contributed by atoms with Gasteiger partial charge in [0.15, 0.2) is 0 Å². The second kappa shape index (κ2) is 15.1. The number of carboxylic acid groups (broad SMARTS) is 1. The van der Waals surface area contributed by atoms with E-state index in [0.717, 1.165) is 32.8 Å². The van der Waals surface area contributed by atoms with Gasteiger partial charge in [0.05, 0.1) is 6.61 Å². The molecule has 2 aromatic carbocycles. The average Bonchev–Trinajstić information content (AvgIpc) is 3.14. The first kappa shape index (κ1) is 29.1. The van der Waals surface area contributed by atoms with Crippen molar-refractivity contribution in [3.8, 4) is 0 Å². The minimum absolute atomic E-state index is 0.144. The van der Waals surface area contributed by atoms with E-state index in [-0.39, 0.29) is 6.61 Å². The first-order valence-corrected chi connectivity index (χ1v) is 14.6. The molecule has 0 bridgehead atoms. The maximum atomic E-state index is 10.3. The number of hydrogen-bond donors (Lipinski definition) is 2. The molecule has 0 amide bonds. The highest BCUT2D eigenvalue weighted by Gasteiger charge is 2.13. The second-order valence-corrected chi connectivity index (χ2v) is 11.4. The van der Waals surface area contributed by atoms with Crippen molar-refractivity contribution < 1.29 is 15.0 Å². The van der Waals surface area contributed by atoms with E-state index >= 15 is 0 Å². The number of fused-ring (bicyclic) bond motifs is 3. The summed E-state index contributed by atoms with van der Waals surface area (Å²) in [5.41, 5.74) is 2.31. The molecule has 0 aliphatic carbocycles. The zero-order valence-electron chi connectivity index (χ0n) is 21.3. The molecule has 0 spiro atoms. The molecular weight excluding hydrogens is 586 g/mol. The number of aliphatic carboxylic acids is 1. The van der Waals surface area contributed by atoms with E-state index in [2.05, 4.69) is 77.5 Å². The van der Waals surface area contributed by atoms with Gasteiger partial charge in [-0.15, -0.1) is 0 Å². The molecule has 4 rings (SSSR count). The van der Waals surface area contributed by atoms with Gasteiger partial charge in [0, 0.05) is 69.9 Å². The van der Waals surface area contributed by atoms with Crippen molar-refractivity contribution in [1.29, 1.82) is 0 Å². The van der Waals surface area contributed by atoms with Crippen LogP contribution in [-0.4, -0.2) is 76.9 Å². The van der Waals surface area contributed by atoms with E-state index < -0.39 is 5.97 Å². The number of carbonyl (C=O) groups is 1. The SMILES string of the molecule is CN1CCN(CCCCCCCCC(=O)O)CC1.OCCn1c2ccc(Br)cc2c2cc(Br)ccc21. The van der Waals surface area contributed by atoms with Crippen LogP contribution >= 0.6 is 31.9 Å². The first-order chi connectivity index (χ1) is 17.4. The van der Waals surface area contributed by atoms with E-state index in [0.29, 0.717) is 13.0 Å². The van der Waals surface area contributed by atoms with E-state index in [1.54, 1.807) is 0 Å². The Hall–Kier alpha value is -1.45. The fourth-order valence-corrected chi connectivity index (χ4v) is 5.50. The predicted octanol–water partition coefficient (Wildman–Crippen LogP) is 6.36. The number of unbranched alkanes of at least 4 members (excludes halogenated alkanes) is 5. The topological polar surface area (TPSA) is 68.9 Å². The van der Waals surface area contributed by atoms with Crippen LogP contribution in [0.5, 0.6) is 0 Å².